The molecule has 0 unspecified atom stereocenters. The summed E-state index contributed by atoms with van der Waals surface area (Å²) in [7, 11) is 0. The van der Waals surface area contributed by atoms with Gasteiger partial charge in [-0.25, -0.2) is 0 Å². The first-order chi connectivity index (χ1) is 9.70. The monoisotopic (exact) mass is 262 g/mol. The molecule has 2 aromatic rings. The largest absolute Gasteiger partial charge is 0.328 e. The lowest BCUT2D eigenvalue weighted by atomic mass is 10.1. The van der Waals surface area contributed by atoms with Crippen molar-refractivity contribution in [2.45, 2.75) is 19.5 Å². The smallest absolute Gasteiger partial charge is 0.255 e. The van der Waals surface area contributed by atoms with Crippen molar-refractivity contribution in [3.05, 3.63) is 70.8 Å². The van der Waals surface area contributed by atoms with Crippen LogP contribution in [0.1, 0.15) is 40.0 Å². The third kappa shape index (κ3) is 1.96. The first kappa shape index (κ1) is 12.4. The zero-order valence-electron chi connectivity index (χ0n) is 11.2. The summed E-state index contributed by atoms with van der Waals surface area (Å²) in [5, 5.41) is 8.93. The molecule has 1 amide bonds. The zero-order valence-corrected chi connectivity index (χ0v) is 11.2. The van der Waals surface area contributed by atoms with E-state index in [1.54, 1.807) is 12.1 Å². The number of fused-ring (bicyclic) bond motifs is 1. The molecule has 0 spiro atoms. The van der Waals surface area contributed by atoms with Gasteiger partial charge >= 0.3 is 0 Å². The SMILES string of the molecule is C[C@@H](c1ccccc1)N1Cc2ccc(C#N)cc2C1=O. The van der Waals surface area contributed by atoms with Crippen LogP contribution in [0.15, 0.2) is 48.5 Å². The molecule has 3 nitrogen and oxygen atoms in total. The summed E-state index contributed by atoms with van der Waals surface area (Å²) in [6.07, 6.45) is 0. The molecule has 0 saturated heterocycles. The van der Waals surface area contributed by atoms with E-state index in [1.807, 2.05) is 48.2 Å². The molecule has 1 heterocycles. The Hall–Kier alpha value is -2.60. The first-order valence-corrected chi connectivity index (χ1v) is 6.59. The van der Waals surface area contributed by atoms with Crippen LogP contribution in [0.3, 0.4) is 0 Å². The molecule has 3 rings (SSSR count). The van der Waals surface area contributed by atoms with E-state index in [9.17, 15) is 4.79 Å². The van der Waals surface area contributed by atoms with Crippen molar-refractivity contribution in [1.29, 1.82) is 5.26 Å². The van der Waals surface area contributed by atoms with Crippen molar-refractivity contribution in [3.63, 3.8) is 0 Å². The fourth-order valence-electron chi connectivity index (χ4n) is 2.62. The summed E-state index contributed by atoms with van der Waals surface area (Å²) in [5.74, 6) is 0.00783. The van der Waals surface area contributed by atoms with Crippen molar-refractivity contribution in [3.8, 4) is 6.07 Å². The highest BCUT2D eigenvalue weighted by molar-refractivity contribution is 5.98. The lowest BCUT2D eigenvalue weighted by Crippen LogP contribution is -2.27. The Kier molecular flexibility index (Phi) is 3.00. The van der Waals surface area contributed by atoms with Crippen LogP contribution >= 0.6 is 0 Å². The van der Waals surface area contributed by atoms with Gasteiger partial charge in [-0.15, -0.1) is 0 Å². The van der Waals surface area contributed by atoms with Crippen LogP contribution in [0.5, 0.6) is 0 Å². The molecule has 0 aromatic heterocycles. The number of hydrogen-bond donors (Lipinski definition) is 0. The highest BCUT2D eigenvalue weighted by Gasteiger charge is 2.31. The Balaban J connectivity index is 1.92. The van der Waals surface area contributed by atoms with Gasteiger partial charge < -0.3 is 4.90 Å². The van der Waals surface area contributed by atoms with Gasteiger partial charge in [0.1, 0.15) is 0 Å². The van der Waals surface area contributed by atoms with Gasteiger partial charge in [0.05, 0.1) is 17.7 Å². The van der Waals surface area contributed by atoms with Crippen molar-refractivity contribution in [2.75, 3.05) is 0 Å². The van der Waals surface area contributed by atoms with E-state index in [0.717, 1.165) is 11.1 Å². The number of rotatable bonds is 2. The van der Waals surface area contributed by atoms with Gasteiger partial charge in [0.25, 0.3) is 5.91 Å². The Morgan fingerprint density at radius 3 is 2.65 bits per heavy atom. The molecule has 0 fully saturated rings. The minimum atomic E-state index is 0.00783. The summed E-state index contributed by atoms with van der Waals surface area (Å²) in [6, 6.07) is 17.4. The minimum absolute atomic E-state index is 0.00783. The molecular formula is C17H14N2O. The zero-order chi connectivity index (χ0) is 14.1. The number of hydrogen-bond acceptors (Lipinski definition) is 2. The second-order valence-electron chi connectivity index (χ2n) is 5.00. The molecule has 2 aromatic carbocycles. The maximum Gasteiger partial charge on any atom is 0.255 e. The highest BCUT2D eigenvalue weighted by atomic mass is 16.2. The number of carbonyl (C=O) groups excluding carboxylic acids is 1. The summed E-state index contributed by atoms with van der Waals surface area (Å²) < 4.78 is 0. The number of nitrogens with zero attached hydrogens (tertiary/aromatic N) is 2. The molecule has 98 valence electrons. The maximum absolute atomic E-state index is 12.5. The fourth-order valence-corrected chi connectivity index (χ4v) is 2.62. The molecule has 1 aliphatic heterocycles. The number of benzene rings is 2. The molecule has 0 saturated carbocycles. The summed E-state index contributed by atoms with van der Waals surface area (Å²) in [6.45, 7) is 2.64. The summed E-state index contributed by atoms with van der Waals surface area (Å²) in [4.78, 5) is 14.3. The van der Waals surface area contributed by atoms with Crippen LogP contribution in [-0.2, 0) is 6.54 Å². The summed E-state index contributed by atoms with van der Waals surface area (Å²) in [5.41, 5.74) is 3.31. The Bertz CT molecular complexity index is 701. The third-order valence-corrected chi connectivity index (χ3v) is 3.82. The van der Waals surface area contributed by atoms with Gasteiger partial charge in [-0.3, -0.25) is 4.79 Å². The van der Waals surface area contributed by atoms with E-state index in [2.05, 4.69) is 6.07 Å². The molecule has 0 radical (unpaired) electrons. The van der Waals surface area contributed by atoms with Gasteiger partial charge in [0, 0.05) is 12.1 Å². The average Bonchev–Trinajstić information content (AvgIpc) is 2.84. The number of amides is 1. The number of nitriles is 1. The number of carbonyl (C=O) groups is 1. The van der Waals surface area contributed by atoms with Gasteiger partial charge in [-0.1, -0.05) is 36.4 Å². The van der Waals surface area contributed by atoms with Crippen LogP contribution in [0.2, 0.25) is 0 Å². The lowest BCUT2D eigenvalue weighted by molar-refractivity contribution is 0.0716. The van der Waals surface area contributed by atoms with E-state index in [4.69, 9.17) is 5.26 Å². The molecular weight excluding hydrogens is 248 g/mol. The van der Waals surface area contributed by atoms with Crippen molar-refractivity contribution in [1.82, 2.24) is 4.90 Å². The van der Waals surface area contributed by atoms with Gasteiger partial charge in [0.15, 0.2) is 0 Å². The van der Waals surface area contributed by atoms with Crippen LogP contribution in [0.25, 0.3) is 0 Å². The molecule has 0 N–H and O–H groups in total. The normalized spacial score (nSPS) is 14.8. The molecule has 1 aliphatic rings. The predicted molar refractivity (Wildman–Crippen MR) is 75.9 cm³/mol. The molecule has 1 atom stereocenters. The Morgan fingerprint density at radius 2 is 1.95 bits per heavy atom. The second kappa shape index (κ2) is 4.82. The minimum Gasteiger partial charge on any atom is -0.328 e. The third-order valence-electron chi connectivity index (χ3n) is 3.82. The highest BCUT2D eigenvalue weighted by Crippen LogP contribution is 2.31. The molecule has 20 heavy (non-hydrogen) atoms. The van der Waals surface area contributed by atoms with Crippen LogP contribution in [-0.4, -0.2) is 10.8 Å². The quantitative estimate of drug-likeness (QED) is 0.833. The van der Waals surface area contributed by atoms with Gasteiger partial charge in [-0.2, -0.15) is 5.26 Å². The molecule has 0 aliphatic carbocycles. The predicted octanol–water partition coefficient (Wildman–Crippen LogP) is 3.28. The van der Waals surface area contributed by atoms with Crippen molar-refractivity contribution < 1.29 is 4.79 Å². The van der Waals surface area contributed by atoms with Crippen molar-refractivity contribution >= 4 is 5.91 Å². The molecule has 3 heteroatoms. The standard InChI is InChI=1S/C17H14N2O/c1-12(14-5-3-2-4-6-14)19-11-15-8-7-13(10-18)9-16(15)17(19)20/h2-9,12H,11H2,1H3/t12-/m0/s1. The Morgan fingerprint density at radius 1 is 1.20 bits per heavy atom. The molecule has 0 bridgehead atoms. The van der Waals surface area contributed by atoms with Gasteiger partial charge in [0.2, 0.25) is 0 Å². The summed E-state index contributed by atoms with van der Waals surface area (Å²) >= 11 is 0. The van der Waals surface area contributed by atoms with E-state index < -0.39 is 0 Å². The maximum atomic E-state index is 12.5. The van der Waals surface area contributed by atoms with Crippen LogP contribution in [0, 0.1) is 11.3 Å². The van der Waals surface area contributed by atoms with E-state index >= 15 is 0 Å². The average molecular weight is 262 g/mol. The van der Waals surface area contributed by atoms with Crippen LogP contribution < -0.4 is 0 Å². The van der Waals surface area contributed by atoms with E-state index in [1.165, 1.54) is 0 Å². The fraction of sp³-hybridized carbons (Fsp3) is 0.176. The Labute approximate surface area is 118 Å². The van der Waals surface area contributed by atoms with Crippen molar-refractivity contribution in [2.24, 2.45) is 0 Å². The van der Waals surface area contributed by atoms with Crippen LogP contribution in [0.4, 0.5) is 0 Å². The van der Waals surface area contributed by atoms with E-state index in [0.29, 0.717) is 17.7 Å². The topological polar surface area (TPSA) is 44.1 Å². The first-order valence-electron chi connectivity index (χ1n) is 6.59. The second-order valence-corrected chi connectivity index (χ2v) is 5.00. The van der Waals surface area contributed by atoms with E-state index in [-0.39, 0.29) is 11.9 Å². The lowest BCUT2D eigenvalue weighted by Gasteiger charge is -2.24. The van der Waals surface area contributed by atoms with Gasteiger partial charge in [-0.05, 0) is 30.2 Å².